The van der Waals surface area contributed by atoms with Gasteiger partial charge in [0.05, 0.1) is 24.5 Å². The highest BCUT2D eigenvalue weighted by Crippen LogP contribution is 2.15. The van der Waals surface area contributed by atoms with E-state index in [0.29, 0.717) is 19.6 Å². The topological polar surface area (TPSA) is 79.6 Å². The number of carbonyl (C=O) groups excluding carboxylic acids is 2. The van der Waals surface area contributed by atoms with Gasteiger partial charge in [-0.2, -0.15) is 10.2 Å². The third-order valence-corrected chi connectivity index (χ3v) is 5.68. The van der Waals surface area contributed by atoms with Gasteiger partial charge in [0.2, 0.25) is 11.8 Å². The maximum atomic E-state index is 12.5. The summed E-state index contributed by atoms with van der Waals surface area (Å²) in [6, 6.07) is 20.0. The van der Waals surface area contributed by atoms with Crippen molar-refractivity contribution < 1.29 is 9.59 Å². The van der Waals surface area contributed by atoms with Crippen LogP contribution in [0.25, 0.3) is 0 Å². The molecule has 0 radical (unpaired) electrons. The molecule has 0 bridgehead atoms. The molecule has 0 unspecified atom stereocenters. The van der Waals surface area contributed by atoms with E-state index in [1.165, 1.54) is 5.01 Å². The van der Waals surface area contributed by atoms with Crippen LogP contribution in [-0.4, -0.2) is 38.9 Å². The summed E-state index contributed by atoms with van der Waals surface area (Å²) in [7, 11) is 0. The van der Waals surface area contributed by atoms with E-state index in [1.54, 1.807) is 0 Å². The Morgan fingerprint density at radius 3 is 2.52 bits per heavy atom. The Hall–Kier alpha value is -3.74. The number of amides is 2. The molecule has 0 spiro atoms. The second-order valence-corrected chi connectivity index (χ2v) is 8.36. The normalized spacial score (nSPS) is 13.2. The number of aromatic nitrogens is 2. The minimum atomic E-state index is -0.140. The molecule has 2 aromatic carbocycles. The molecule has 2 heterocycles. The standard InChI is InChI=1S/C26H29N5O2/c1-19-15-20(2)31(28-19)18-22-8-6-7-21(16-22)17-27-25(32)11-12-26(33)30-14-13-24(29-30)23-9-4-3-5-10-23/h3-10,15-16H,11-14,17-18H2,1-2H3,(H,27,32). The van der Waals surface area contributed by atoms with Crippen LogP contribution in [0.15, 0.2) is 65.8 Å². The van der Waals surface area contributed by atoms with Gasteiger partial charge in [0, 0.05) is 31.5 Å². The Morgan fingerprint density at radius 1 is 0.970 bits per heavy atom. The lowest BCUT2D eigenvalue weighted by Crippen LogP contribution is -2.27. The van der Waals surface area contributed by atoms with Crippen LogP contribution in [0.4, 0.5) is 0 Å². The van der Waals surface area contributed by atoms with Gasteiger partial charge in [-0.1, -0.05) is 54.6 Å². The fourth-order valence-corrected chi connectivity index (χ4v) is 3.96. The Kier molecular flexibility index (Phi) is 6.98. The lowest BCUT2D eigenvalue weighted by atomic mass is 10.1. The van der Waals surface area contributed by atoms with Crippen LogP contribution in [0.1, 0.15) is 47.3 Å². The number of nitrogens with zero attached hydrogens (tertiary/aromatic N) is 4. The first-order valence-electron chi connectivity index (χ1n) is 11.3. The largest absolute Gasteiger partial charge is 0.352 e. The number of aryl methyl sites for hydroxylation is 2. The van der Waals surface area contributed by atoms with Crippen molar-refractivity contribution in [3.8, 4) is 0 Å². The fraction of sp³-hybridized carbons (Fsp3) is 0.308. The van der Waals surface area contributed by atoms with Crippen LogP contribution in [0.3, 0.4) is 0 Å². The Labute approximate surface area is 194 Å². The van der Waals surface area contributed by atoms with Gasteiger partial charge in [-0.25, -0.2) is 5.01 Å². The van der Waals surface area contributed by atoms with Gasteiger partial charge in [0.15, 0.2) is 0 Å². The zero-order chi connectivity index (χ0) is 23.2. The van der Waals surface area contributed by atoms with Crippen LogP contribution in [0.2, 0.25) is 0 Å². The summed E-state index contributed by atoms with van der Waals surface area (Å²) in [5.41, 5.74) is 6.21. The Morgan fingerprint density at radius 2 is 1.76 bits per heavy atom. The number of carbonyl (C=O) groups is 2. The van der Waals surface area contributed by atoms with Crippen molar-refractivity contribution >= 4 is 17.5 Å². The van der Waals surface area contributed by atoms with E-state index in [-0.39, 0.29) is 24.7 Å². The lowest BCUT2D eigenvalue weighted by Gasteiger charge is -2.11. The summed E-state index contributed by atoms with van der Waals surface area (Å²) >= 11 is 0. The maximum absolute atomic E-state index is 12.5. The van der Waals surface area contributed by atoms with Crippen LogP contribution in [-0.2, 0) is 22.7 Å². The summed E-state index contributed by atoms with van der Waals surface area (Å²) in [5.74, 6) is -0.262. The van der Waals surface area contributed by atoms with Gasteiger partial charge in [0.1, 0.15) is 0 Å². The summed E-state index contributed by atoms with van der Waals surface area (Å²) in [5, 5.41) is 13.4. The first kappa shape index (κ1) is 22.5. The molecule has 0 fully saturated rings. The van der Waals surface area contributed by atoms with Crippen LogP contribution < -0.4 is 5.32 Å². The third kappa shape index (κ3) is 5.94. The van der Waals surface area contributed by atoms with Crippen LogP contribution in [0.5, 0.6) is 0 Å². The van der Waals surface area contributed by atoms with Gasteiger partial charge < -0.3 is 5.32 Å². The molecule has 4 rings (SSSR count). The molecule has 1 aliphatic rings. The molecule has 7 heteroatoms. The molecule has 1 N–H and O–H groups in total. The number of rotatable bonds is 8. The quantitative estimate of drug-likeness (QED) is 0.578. The summed E-state index contributed by atoms with van der Waals surface area (Å²) in [6.07, 6.45) is 1.03. The van der Waals surface area contributed by atoms with E-state index >= 15 is 0 Å². The van der Waals surface area contributed by atoms with E-state index < -0.39 is 0 Å². The van der Waals surface area contributed by atoms with Crippen LogP contribution in [0, 0.1) is 13.8 Å². The molecule has 0 saturated carbocycles. The first-order valence-corrected chi connectivity index (χ1v) is 11.3. The number of hydrazone groups is 1. The monoisotopic (exact) mass is 443 g/mol. The van der Waals surface area contributed by atoms with E-state index in [0.717, 1.165) is 40.2 Å². The summed E-state index contributed by atoms with van der Waals surface area (Å²) in [6.45, 7) is 5.71. The van der Waals surface area contributed by atoms with E-state index in [4.69, 9.17) is 0 Å². The van der Waals surface area contributed by atoms with Crippen molar-refractivity contribution in [2.45, 2.75) is 46.2 Å². The second kappa shape index (κ2) is 10.3. The van der Waals surface area contributed by atoms with Crippen LogP contribution >= 0.6 is 0 Å². The van der Waals surface area contributed by atoms with Gasteiger partial charge in [-0.05, 0) is 36.6 Å². The minimum Gasteiger partial charge on any atom is -0.352 e. The molecule has 2 amide bonds. The number of benzene rings is 2. The average Bonchev–Trinajstić information content (AvgIpc) is 3.43. The summed E-state index contributed by atoms with van der Waals surface area (Å²) < 4.78 is 1.97. The maximum Gasteiger partial charge on any atom is 0.243 e. The molecular formula is C26H29N5O2. The zero-order valence-electron chi connectivity index (χ0n) is 19.1. The molecule has 0 atom stereocenters. The fourth-order valence-electron chi connectivity index (χ4n) is 3.96. The number of nitrogens with one attached hydrogen (secondary N) is 1. The zero-order valence-corrected chi connectivity index (χ0v) is 19.1. The molecular weight excluding hydrogens is 414 g/mol. The molecule has 0 saturated heterocycles. The SMILES string of the molecule is Cc1cc(C)n(Cc2cccc(CNC(=O)CCC(=O)N3CCC(c4ccccc4)=N3)c2)n1. The minimum absolute atomic E-state index is 0.122. The predicted molar refractivity (Wildman–Crippen MR) is 128 cm³/mol. The van der Waals surface area contributed by atoms with E-state index in [1.807, 2.05) is 61.0 Å². The summed E-state index contributed by atoms with van der Waals surface area (Å²) in [4.78, 5) is 24.8. The number of hydrogen-bond donors (Lipinski definition) is 1. The lowest BCUT2D eigenvalue weighted by molar-refractivity contribution is -0.133. The molecule has 7 nitrogen and oxygen atoms in total. The van der Waals surface area contributed by atoms with Crippen molar-refractivity contribution in [3.05, 3.63) is 88.7 Å². The smallest absolute Gasteiger partial charge is 0.243 e. The molecule has 170 valence electrons. The Bertz CT molecular complexity index is 1170. The number of hydrogen-bond acceptors (Lipinski definition) is 4. The van der Waals surface area contributed by atoms with Crippen molar-refractivity contribution in [1.82, 2.24) is 20.1 Å². The molecule has 0 aliphatic carbocycles. The van der Waals surface area contributed by atoms with Crippen molar-refractivity contribution in [2.24, 2.45) is 5.10 Å². The van der Waals surface area contributed by atoms with Gasteiger partial charge in [0.25, 0.3) is 0 Å². The molecule has 1 aliphatic heterocycles. The van der Waals surface area contributed by atoms with Gasteiger partial charge in [-0.3, -0.25) is 14.3 Å². The second-order valence-electron chi connectivity index (χ2n) is 8.36. The van der Waals surface area contributed by atoms with E-state index in [2.05, 4.69) is 33.7 Å². The molecule has 3 aromatic rings. The van der Waals surface area contributed by atoms with Crippen molar-refractivity contribution in [2.75, 3.05) is 6.54 Å². The average molecular weight is 444 g/mol. The van der Waals surface area contributed by atoms with Crippen molar-refractivity contribution in [3.63, 3.8) is 0 Å². The predicted octanol–water partition coefficient (Wildman–Crippen LogP) is 3.58. The molecule has 1 aromatic heterocycles. The highest BCUT2D eigenvalue weighted by Gasteiger charge is 2.21. The highest BCUT2D eigenvalue weighted by atomic mass is 16.2. The van der Waals surface area contributed by atoms with Gasteiger partial charge in [-0.15, -0.1) is 0 Å². The highest BCUT2D eigenvalue weighted by molar-refractivity contribution is 6.02. The Balaban J connectivity index is 1.24. The van der Waals surface area contributed by atoms with Crippen molar-refractivity contribution in [1.29, 1.82) is 0 Å². The third-order valence-electron chi connectivity index (χ3n) is 5.68. The van der Waals surface area contributed by atoms with E-state index in [9.17, 15) is 9.59 Å². The molecule has 33 heavy (non-hydrogen) atoms. The first-order chi connectivity index (χ1) is 16.0. The van der Waals surface area contributed by atoms with Gasteiger partial charge >= 0.3 is 0 Å².